The lowest BCUT2D eigenvalue weighted by Crippen LogP contribution is -2.44. The summed E-state index contributed by atoms with van der Waals surface area (Å²) in [6.45, 7) is 4.13. The minimum absolute atomic E-state index is 0.111. The smallest absolute Gasteiger partial charge is 0.243 e. The summed E-state index contributed by atoms with van der Waals surface area (Å²) >= 11 is 0. The molecule has 0 amide bonds. The van der Waals surface area contributed by atoms with Crippen LogP contribution in [-0.2, 0) is 16.4 Å². The van der Waals surface area contributed by atoms with Gasteiger partial charge in [-0.1, -0.05) is 38.3 Å². The van der Waals surface area contributed by atoms with Gasteiger partial charge in [0.05, 0.1) is 4.90 Å². The molecular weight excluding hydrogens is 320 g/mol. The van der Waals surface area contributed by atoms with Crippen LogP contribution in [0.5, 0.6) is 0 Å². The number of sulfonamides is 1. The van der Waals surface area contributed by atoms with Crippen molar-refractivity contribution in [3.8, 4) is 0 Å². The maximum absolute atomic E-state index is 12.8. The Hall–Kier alpha value is -0.910. The zero-order chi connectivity index (χ0) is 17.6. The number of rotatable bonds is 8. The standard InChI is InChI=1S/C19H32N2O2S/c1-4-5-6-7-8-17-9-11-19(12-10-17)24(22,23)21(3)18-13-15-20(2)16-14-18/h9-12,18H,4-8,13-16H2,1-3H3. The van der Waals surface area contributed by atoms with E-state index in [9.17, 15) is 8.42 Å². The van der Waals surface area contributed by atoms with Gasteiger partial charge in [-0.25, -0.2) is 8.42 Å². The van der Waals surface area contributed by atoms with E-state index in [1.165, 1.54) is 31.2 Å². The lowest BCUT2D eigenvalue weighted by Gasteiger charge is -2.34. The summed E-state index contributed by atoms with van der Waals surface area (Å²) in [6.07, 6.45) is 7.77. The first-order chi connectivity index (χ1) is 11.4. The Kier molecular flexibility index (Phi) is 7.26. The summed E-state index contributed by atoms with van der Waals surface area (Å²) in [6, 6.07) is 7.61. The highest BCUT2D eigenvalue weighted by molar-refractivity contribution is 7.89. The molecule has 136 valence electrons. The molecule has 24 heavy (non-hydrogen) atoms. The third kappa shape index (κ3) is 5.04. The molecule has 0 saturated carbocycles. The van der Waals surface area contributed by atoms with Gasteiger partial charge in [-0.2, -0.15) is 4.31 Å². The first kappa shape index (κ1) is 19.4. The second-order valence-electron chi connectivity index (χ2n) is 7.01. The van der Waals surface area contributed by atoms with E-state index in [1.807, 2.05) is 12.1 Å². The van der Waals surface area contributed by atoms with Crippen molar-refractivity contribution in [2.24, 2.45) is 0 Å². The third-order valence-electron chi connectivity index (χ3n) is 5.12. The summed E-state index contributed by atoms with van der Waals surface area (Å²) in [5, 5.41) is 0. The summed E-state index contributed by atoms with van der Waals surface area (Å²) < 4.78 is 27.3. The molecule has 0 bridgehead atoms. The molecule has 1 fully saturated rings. The highest BCUT2D eigenvalue weighted by atomic mass is 32.2. The summed E-state index contributed by atoms with van der Waals surface area (Å²) in [7, 11) is 0.426. The normalized spacial score (nSPS) is 17.5. The van der Waals surface area contributed by atoms with Crippen molar-refractivity contribution in [2.45, 2.75) is 62.8 Å². The number of nitrogens with zero attached hydrogens (tertiary/aromatic N) is 2. The largest absolute Gasteiger partial charge is 0.306 e. The van der Waals surface area contributed by atoms with Crippen LogP contribution in [0.3, 0.4) is 0 Å². The lowest BCUT2D eigenvalue weighted by atomic mass is 10.1. The fourth-order valence-corrected chi connectivity index (χ4v) is 4.72. The predicted molar refractivity (Wildman–Crippen MR) is 99.8 cm³/mol. The predicted octanol–water partition coefficient (Wildman–Crippen LogP) is 3.52. The van der Waals surface area contributed by atoms with Crippen molar-refractivity contribution >= 4 is 10.0 Å². The number of benzene rings is 1. The quantitative estimate of drug-likeness (QED) is 0.672. The number of hydrogen-bond donors (Lipinski definition) is 0. The van der Waals surface area contributed by atoms with E-state index >= 15 is 0 Å². The van der Waals surface area contributed by atoms with Gasteiger partial charge in [0.25, 0.3) is 0 Å². The zero-order valence-corrected chi connectivity index (χ0v) is 16.2. The van der Waals surface area contributed by atoms with Crippen LogP contribution in [0.25, 0.3) is 0 Å². The van der Waals surface area contributed by atoms with Crippen LogP contribution >= 0.6 is 0 Å². The van der Waals surface area contributed by atoms with Gasteiger partial charge in [-0.05, 0) is 63.5 Å². The second-order valence-corrected chi connectivity index (χ2v) is 9.01. The second kappa shape index (κ2) is 8.97. The molecule has 1 aliphatic rings. The topological polar surface area (TPSA) is 40.6 Å². The molecule has 0 aromatic heterocycles. The average Bonchev–Trinajstić information content (AvgIpc) is 2.59. The first-order valence-electron chi connectivity index (χ1n) is 9.20. The number of aryl methyl sites for hydroxylation is 1. The van der Waals surface area contributed by atoms with E-state index in [-0.39, 0.29) is 6.04 Å². The molecule has 0 unspecified atom stereocenters. The van der Waals surface area contributed by atoms with Gasteiger partial charge in [-0.15, -0.1) is 0 Å². The molecule has 0 atom stereocenters. The molecule has 1 saturated heterocycles. The molecule has 0 aliphatic carbocycles. The van der Waals surface area contributed by atoms with E-state index < -0.39 is 10.0 Å². The van der Waals surface area contributed by atoms with Gasteiger partial charge in [0.1, 0.15) is 0 Å². The van der Waals surface area contributed by atoms with Crippen molar-refractivity contribution < 1.29 is 8.42 Å². The molecule has 1 heterocycles. The van der Waals surface area contributed by atoms with Crippen molar-refractivity contribution in [3.05, 3.63) is 29.8 Å². The number of likely N-dealkylation sites (tertiary alicyclic amines) is 1. The van der Waals surface area contributed by atoms with Crippen LogP contribution in [0.1, 0.15) is 51.0 Å². The molecule has 1 aliphatic heterocycles. The SMILES string of the molecule is CCCCCCc1ccc(S(=O)(=O)N(C)C2CCN(C)CC2)cc1. The minimum atomic E-state index is -3.39. The third-order valence-corrected chi connectivity index (χ3v) is 7.05. The van der Waals surface area contributed by atoms with E-state index in [2.05, 4.69) is 18.9 Å². The van der Waals surface area contributed by atoms with E-state index in [1.54, 1.807) is 23.5 Å². The summed E-state index contributed by atoms with van der Waals surface area (Å²) in [4.78, 5) is 2.67. The molecule has 0 N–H and O–H groups in total. The monoisotopic (exact) mass is 352 g/mol. The van der Waals surface area contributed by atoms with Crippen molar-refractivity contribution in [1.29, 1.82) is 0 Å². The maximum atomic E-state index is 12.8. The van der Waals surface area contributed by atoms with Gasteiger partial charge in [0.15, 0.2) is 0 Å². The number of hydrogen-bond acceptors (Lipinski definition) is 3. The highest BCUT2D eigenvalue weighted by Crippen LogP contribution is 2.23. The molecular formula is C19H32N2O2S. The summed E-state index contributed by atoms with van der Waals surface area (Å²) in [5.41, 5.74) is 1.23. The molecule has 0 spiro atoms. The molecule has 0 radical (unpaired) electrons. The molecule has 5 heteroatoms. The number of unbranched alkanes of at least 4 members (excludes halogenated alkanes) is 3. The van der Waals surface area contributed by atoms with Gasteiger partial charge < -0.3 is 4.90 Å². The lowest BCUT2D eigenvalue weighted by molar-refractivity contribution is 0.197. The summed E-state index contributed by atoms with van der Waals surface area (Å²) in [5.74, 6) is 0. The Morgan fingerprint density at radius 2 is 1.71 bits per heavy atom. The van der Waals surface area contributed by atoms with Crippen LogP contribution in [0.2, 0.25) is 0 Å². The first-order valence-corrected chi connectivity index (χ1v) is 10.6. The maximum Gasteiger partial charge on any atom is 0.243 e. The van der Waals surface area contributed by atoms with Crippen LogP contribution < -0.4 is 0 Å². The Morgan fingerprint density at radius 1 is 1.08 bits per heavy atom. The van der Waals surface area contributed by atoms with Crippen molar-refractivity contribution in [1.82, 2.24) is 9.21 Å². The van der Waals surface area contributed by atoms with Crippen molar-refractivity contribution in [3.63, 3.8) is 0 Å². The number of piperidine rings is 1. The minimum Gasteiger partial charge on any atom is -0.306 e. The molecule has 1 aromatic rings. The highest BCUT2D eigenvalue weighted by Gasteiger charge is 2.29. The van der Waals surface area contributed by atoms with Crippen molar-refractivity contribution in [2.75, 3.05) is 27.2 Å². The van der Waals surface area contributed by atoms with E-state index in [0.29, 0.717) is 4.90 Å². The Bertz CT molecular complexity index is 590. The fourth-order valence-electron chi connectivity index (χ4n) is 3.31. The van der Waals surface area contributed by atoms with Gasteiger partial charge in [0.2, 0.25) is 10.0 Å². The van der Waals surface area contributed by atoms with Crippen LogP contribution in [-0.4, -0.2) is 50.8 Å². The van der Waals surface area contributed by atoms with Crippen LogP contribution in [0.15, 0.2) is 29.2 Å². The Morgan fingerprint density at radius 3 is 2.29 bits per heavy atom. The Labute approximate surface area is 147 Å². The average molecular weight is 353 g/mol. The molecule has 1 aromatic carbocycles. The van der Waals surface area contributed by atoms with Gasteiger partial charge >= 0.3 is 0 Å². The zero-order valence-electron chi connectivity index (χ0n) is 15.4. The van der Waals surface area contributed by atoms with Gasteiger partial charge in [0, 0.05) is 13.1 Å². The van der Waals surface area contributed by atoms with E-state index in [0.717, 1.165) is 32.4 Å². The Balaban J connectivity index is 1.98. The molecule has 2 rings (SSSR count). The fraction of sp³-hybridized carbons (Fsp3) is 0.684. The molecule has 4 nitrogen and oxygen atoms in total. The van der Waals surface area contributed by atoms with E-state index in [4.69, 9.17) is 0 Å². The van der Waals surface area contributed by atoms with Gasteiger partial charge in [-0.3, -0.25) is 0 Å². The van der Waals surface area contributed by atoms with Crippen LogP contribution in [0.4, 0.5) is 0 Å². The van der Waals surface area contributed by atoms with Crippen LogP contribution in [0, 0.1) is 0 Å².